The van der Waals surface area contributed by atoms with Crippen LogP contribution in [0.2, 0.25) is 0 Å². The van der Waals surface area contributed by atoms with Crippen LogP contribution in [-0.4, -0.2) is 30.7 Å². The van der Waals surface area contributed by atoms with E-state index in [9.17, 15) is 4.79 Å². The SMILES string of the molecule is CCOCCCNC(=O)CC(N)=S. The van der Waals surface area contributed by atoms with E-state index < -0.39 is 0 Å². The van der Waals surface area contributed by atoms with Crippen LogP contribution in [0, 0.1) is 0 Å². The molecule has 0 unspecified atom stereocenters. The molecule has 4 nitrogen and oxygen atoms in total. The first-order valence-corrected chi connectivity index (χ1v) is 4.70. The van der Waals surface area contributed by atoms with Crippen LogP contribution in [0.5, 0.6) is 0 Å². The van der Waals surface area contributed by atoms with Gasteiger partial charge in [-0.25, -0.2) is 0 Å². The van der Waals surface area contributed by atoms with E-state index in [1.54, 1.807) is 0 Å². The number of hydrogen-bond acceptors (Lipinski definition) is 3. The van der Waals surface area contributed by atoms with Crippen molar-refractivity contribution in [3.63, 3.8) is 0 Å². The molecular weight excluding hydrogens is 188 g/mol. The summed E-state index contributed by atoms with van der Waals surface area (Å²) in [5.41, 5.74) is 5.19. The summed E-state index contributed by atoms with van der Waals surface area (Å²) in [7, 11) is 0. The maximum Gasteiger partial charge on any atom is 0.226 e. The monoisotopic (exact) mass is 204 g/mol. The molecule has 0 radical (unpaired) electrons. The molecule has 0 aromatic rings. The van der Waals surface area contributed by atoms with E-state index in [2.05, 4.69) is 17.5 Å². The smallest absolute Gasteiger partial charge is 0.226 e. The van der Waals surface area contributed by atoms with Crippen molar-refractivity contribution in [3.05, 3.63) is 0 Å². The van der Waals surface area contributed by atoms with Gasteiger partial charge in [0.05, 0.1) is 11.4 Å². The first kappa shape index (κ1) is 12.3. The zero-order chi connectivity index (χ0) is 10.1. The summed E-state index contributed by atoms with van der Waals surface area (Å²) in [5, 5.41) is 2.69. The average molecular weight is 204 g/mol. The lowest BCUT2D eigenvalue weighted by Crippen LogP contribution is -2.28. The van der Waals surface area contributed by atoms with Crippen molar-refractivity contribution in [1.82, 2.24) is 5.32 Å². The third kappa shape index (κ3) is 9.23. The number of nitrogens with one attached hydrogen (secondary N) is 1. The van der Waals surface area contributed by atoms with Crippen molar-refractivity contribution < 1.29 is 9.53 Å². The molecule has 0 aliphatic heterocycles. The van der Waals surface area contributed by atoms with E-state index in [1.165, 1.54) is 0 Å². The van der Waals surface area contributed by atoms with Gasteiger partial charge in [-0.3, -0.25) is 4.79 Å². The Balaban J connectivity index is 3.22. The Kier molecular flexibility index (Phi) is 7.53. The summed E-state index contributed by atoms with van der Waals surface area (Å²) in [6, 6.07) is 0. The molecule has 0 aliphatic carbocycles. The van der Waals surface area contributed by atoms with Crippen LogP contribution in [0.25, 0.3) is 0 Å². The minimum atomic E-state index is -0.121. The topological polar surface area (TPSA) is 64.3 Å². The highest BCUT2D eigenvalue weighted by atomic mass is 32.1. The standard InChI is InChI=1S/C8H16N2O2S/c1-2-12-5-3-4-10-8(11)6-7(9)13/h2-6H2,1H3,(H2,9,13)(H,10,11). The molecule has 5 heteroatoms. The number of carbonyl (C=O) groups excluding carboxylic acids is 1. The van der Waals surface area contributed by atoms with E-state index in [1.807, 2.05) is 6.92 Å². The second-order valence-corrected chi connectivity index (χ2v) is 3.07. The van der Waals surface area contributed by atoms with Gasteiger partial charge in [-0.15, -0.1) is 0 Å². The van der Waals surface area contributed by atoms with Gasteiger partial charge in [-0.1, -0.05) is 12.2 Å². The van der Waals surface area contributed by atoms with E-state index in [-0.39, 0.29) is 17.3 Å². The number of carbonyl (C=O) groups is 1. The number of ether oxygens (including phenoxy) is 1. The highest BCUT2D eigenvalue weighted by Crippen LogP contribution is 1.83. The summed E-state index contributed by atoms with van der Waals surface area (Å²) in [6.07, 6.45) is 0.945. The summed E-state index contributed by atoms with van der Waals surface area (Å²) in [4.78, 5) is 11.2. The molecule has 76 valence electrons. The molecule has 0 aromatic heterocycles. The van der Waals surface area contributed by atoms with Crippen molar-refractivity contribution in [3.8, 4) is 0 Å². The molecular formula is C8H16N2O2S. The fourth-order valence-electron chi connectivity index (χ4n) is 0.767. The van der Waals surface area contributed by atoms with Crippen LogP contribution in [0.1, 0.15) is 19.8 Å². The van der Waals surface area contributed by atoms with Crippen LogP contribution >= 0.6 is 12.2 Å². The van der Waals surface area contributed by atoms with E-state index in [0.29, 0.717) is 19.8 Å². The molecule has 0 bridgehead atoms. The van der Waals surface area contributed by atoms with Crippen molar-refractivity contribution in [2.75, 3.05) is 19.8 Å². The zero-order valence-electron chi connectivity index (χ0n) is 7.84. The van der Waals surface area contributed by atoms with Gasteiger partial charge in [-0.05, 0) is 13.3 Å². The fourth-order valence-corrected chi connectivity index (χ4v) is 0.898. The molecule has 0 spiro atoms. The molecule has 0 aromatic carbocycles. The predicted octanol–water partition coefficient (Wildman–Crippen LogP) is 0.205. The summed E-state index contributed by atoms with van der Waals surface area (Å²) in [6.45, 7) is 3.93. The van der Waals surface area contributed by atoms with Gasteiger partial charge < -0.3 is 15.8 Å². The molecule has 1 amide bonds. The third-order valence-corrected chi connectivity index (χ3v) is 1.47. The molecule has 13 heavy (non-hydrogen) atoms. The van der Waals surface area contributed by atoms with Gasteiger partial charge in [0.15, 0.2) is 0 Å². The number of thiocarbonyl (C=S) groups is 1. The zero-order valence-corrected chi connectivity index (χ0v) is 8.65. The maximum absolute atomic E-state index is 11.0. The van der Waals surface area contributed by atoms with Crippen LogP contribution in [0.4, 0.5) is 0 Å². The Morgan fingerprint density at radius 2 is 2.31 bits per heavy atom. The Morgan fingerprint density at radius 3 is 2.85 bits per heavy atom. The predicted molar refractivity (Wildman–Crippen MR) is 55.5 cm³/mol. The minimum Gasteiger partial charge on any atom is -0.393 e. The van der Waals surface area contributed by atoms with Crippen molar-refractivity contribution in [2.45, 2.75) is 19.8 Å². The van der Waals surface area contributed by atoms with Gasteiger partial charge in [0.25, 0.3) is 0 Å². The van der Waals surface area contributed by atoms with Crippen molar-refractivity contribution in [2.24, 2.45) is 5.73 Å². The highest BCUT2D eigenvalue weighted by Gasteiger charge is 2.00. The molecule has 0 saturated heterocycles. The van der Waals surface area contributed by atoms with Crippen molar-refractivity contribution in [1.29, 1.82) is 0 Å². The largest absolute Gasteiger partial charge is 0.393 e. The van der Waals surface area contributed by atoms with Crippen LogP contribution in [0.3, 0.4) is 0 Å². The number of amides is 1. The number of nitrogens with two attached hydrogens (primary N) is 1. The van der Waals surface area contributed by atoms with Gasteiger partial charge in [-0.2, -0.15) is 0 Å². The van der Waals surface area contributed by atoms with Gasteiger partial charge in [0, 0.05) is 19.8 Å². The Bertz CT molecular complexity index is 174. The van der Waals surface area contributed by atoms with Crippen LogP contribution < -0.4 is 11.1 Å². The lowest BCUT2D eigenvalue weighted by molar-refractivity contribution is -0.119. The minimum absolute atomic E-state index is 0.121. The Labute approximate surface area is 83.8 Å². The number of rotatable bonds is 7. The summed E-state index contributed by atoms with van der Waals surface area (Å²) >= 11 is 4.58. The average Bonchev–Trinajstić information content (AvgIpc) is 2.02. The van der Waals surface area contributed by atoms with Gasteiger partial charge >= 0.3 is 0 Å². The first-order valence-electron chi connectivity index (χ1n) is 4.29. The highest BCUT2D eigenvalue weighted by molar-refractivity contribution is 7.80. The summed E-state index contributed by atoms with van der Waals surface area (Å²) in [5.74, 6) is -0.121. The molecule has 0 rings (SSSR count). The lowest BCUT2D eigenvalue weighted by atomic mass is 10.4. The third-order valence-electron chi connectivity index (χ3n) is 1.33. The molecule has 0 fully saturated rings. The molecule has 3 N–H and O–H groups in total. The van der Waals surface area contributed by atoms with Crippen LogP contribution in [0.15, 0.2) is 0 Å². The van der Waals surface area contributed by atoms with Crippen molar-refractivity contribution >= 4 is 23.1 Å². The van der Waals surface area contributed by atoms with Gasteiger partial charge in [0.2, 0.25) is 5.91 Å². The normalized spacial score (nSPS) is 9.62. The maximum atomic E-state index is 11.0. The second kappa shape index (κ2) is 7.94. The first-order chi connectivity index (χ1) is 6.16. The van der Waals surface area contributed by atoms with Crippen LogP contribution in [-0.2, 0) is 9.53 Å². The quantitative estimate of drug-likeness (QED) is 0.459. The summed E-state index contributed by atoms with van der Waals surface area (Å²) < 4.78 is 5.09. The second-order valence-electron chi connectivity index (χ2n) is 2.54. The van der Waals surface area contributed by atoms with E-state index in [4.69, 9.17) is 10.5 Å². The Hall–Kier alpha value is -0.680. The molecule has 0 atom stereocenters. The molecule has 0 aliphatic rings. The lowest BCUT2D eigenvalue weighted by Gasteiger charge is -2.04. The Morgan fingerprint density at radius 1 is 1.62 bits per heavy atom. The number of hydrogen-bond donors (Lipinski definition) is 2. The van der Waals surface area contributed by atoms with E-state index >= 15 is 0 Å². The van der Waals surface area contributed by atoms with E-state index in [0.717, 1.165) is 6.42 Å². The van der Waals surface area contributed by atoms with Gasteiger partial charge in [0.1, 0.15) is 0 Å². The fraction of sp³-hybridized carbons (Fsp3) is 0.750. The molecule has 0 saturated carbocycles. The molecule has 0 heterocycles.